The average molecular weight is 627 g/mol. The van der Waals surface area contributed by atoms with E-state index in [2.05, 4.69) is 21.1 Å². The van der Waals surface area contributed by atoms with E-state index in [0.29, 0.717) is 48.4 Å². The summed E-state index contributed by atoms with van der Waals surface area (Å²) in [6, 6.07) is 14.0. The van der Waals surface area contributed by atoms with Crippen LogP contribution < -0.4 is 16.1 Å². The third kappa shape index (κ3) is 7.47. The summed E-state index contributed by atoms with van der Waals surface area (Å²) in [4.78, 5) is 48.4. The maximum absolute atomic E-state index is 13.5. The lowest BCUT2D eigenvalue weighted by Gasteiger charge is -2.35. The molecule has 2 atom stereocenters. The zero-order chi connectivity index (χ0) is 30.3. The number of rotatable bonds is 10. The van der Waals surface area contributed by atoms with E-state index < -0.39 is 38.6 Å². The predicted molar refractivity (Wildman–Crippen MR) is 162 cm³/mol. The summed E-state index contributed by atoms with van der Waals surface area (Å²) in [7, 11) is -3.64. The molecule has 2 aliphatic rings. The SMILES string of the molecule is O=C(C[C@]1(c2ccc(-c3cccc(NC(=O)CNC(=O)c4cccnc4)c3)s2)CCCCS1(=O)=O)NOC1CCCCO1. The number of anilines is 1. The number of hydrogen-bond donors (Lipinski definition) is 3. The minimum absolute atomic E-state index is 0.0128. The van der Waals surface area contributed by atoms with Crippen LogP contribution in [0.15, 0.2) is 60.9 Å². The summed E-state index contributed by atoms with van der Waals surface area (Å²) in [6.07, 6.45) is 6.31. The molecular formula is C30H34N4O7S2. The highest BCUT2D eigenvalue weighted by Gasteiger charge is 2.49. The van der Waals surface area contributed by atoms with E-state index >= 15 is 0 Å². The first kappa shape index (κ1) is 30.8. The summed E-state index contributed by atoms with van der Waals surface area (Å²) in [5, 5.41) is 5.34. The smallest absolute Gasteiger partial charge is 0.253 e. The predicted octanol–water partition coefficient (Wildman–Crippen LogP) is 3.94. The van der Waals surface area contributed by atoms with E-state index in [1.54, 1.807) is 42.6 Å². The molecule has 3 N–H and O–H groups in total. The molecular weight excluding hydrogens is 592 g/mol. The van der Waals surface area contributed by atoms with Crippen LogP contribution in [0.5, 0.6) is 0 Å². The number of aromatic nitrogens is 1. The Morgan fingerprint density at radius 1 is 1.05 bits per heavy atom. The molecule has 0 bridgehead atoms. The van der Waals surface area contributed by atoms with Crippen LogP contribution in [0.2, 0.25) is 0 Å². The van der Waals surface area contributed by atoms with E-state index in [4.69, 9.17) is 9.57 Å². The minimum Gasteiger partial charge on any atom is -0.350 e. The molecule has 2 fully saturated rings. The van der Waals surface area contributed by atoms with Gasteiger partial charge in [-0.25, -0.2) is 18.7 Å². The number of nitrogens with zero attached hydrogens (tertiary/aromatic N) is 1. The fourth-order valence-electron chi connectivity index (χ4n) is 5.30. The molecule has 2 saturated heterocycles. The van der Waals surface area contributed by atoms with Crippen LogP contribution in [-0.4, -0.2) is 56.3 Å². The fourth-order valence-corrected chi connectivity index (χ4v) is 9.08. The number of nitrogens with one attached hydrogen (secondary N) is 3. The van der Waals surface area contributed by atoms with Gasteiger partial charge in [-0.3, -0.25) is 19.4 Å². The average Bonchev–Trinajstić information content (AvgIpc) is 3.52. The van der Waals surface area contributed by atoms with Crippen molar-refractivity contribution in [3.8, 4) is 10.4 Å². The number of amides is 3. The molecule has 3 amide bonds. The molecule has 5 rings (SSSR count). The Hall–Kier alpha value is -3.65. The van der Waals surface area contributed by atoms with E-state index in [9.17, 15) is 22.8 Å². The second-order valence-corrected chi connectivity index (χ2v) is 14.1. The molecule has 1 unspecified atom stereocenters. The number of carbonyl (C=O) groups is 3. The molecule has 2 aromatic heterocycles. The first-order valence-corrected chi connectivity index (χ1v) is 16.7. The van der Waals surface area contributed by atoms with Gasteiger partial charge in [-0.05, 0) is 67.6 Å². The Morgan fingerprint density at radius 2 is 1.93 bits per heavy atom. The summed E-state index contributed by atoms with van der Waals surface area (Å²) in [5.74, 6) is -1.30. The van der Waals surface area contributed by atoms with Gasteiger partial charge in [0.2, 0.25) is 11.8 Å². The first-order valence-electron chi connectivity index (χ1n) is 14.2. The number of thiophene rings is 1. The van der Waals surface area contributed by atoms with Crippen molar-refractivity contribution in [1.29, 1.82) is 0 Å². The molecule has 11 nitrogen and oxygen atoms in total. The Balaban J connectivity index is 1.27. The molecule has 228 valence electrons. The van der Waals surface area contributed by atoms with E-state index in [1.807, 2.05) is 12.1 Å². The number of pyridine rings is 1. The van der Waals surface area contributed by atoms with Crippen molar-refractivity contribution in [2.24, 2.45) is 0 Å². The third-order valence-corrected chi connectivity index (χ3v) is 11.6. The second-order valence-electron chi connectivity index (χ2n) is 10.6. The lowest BCUT2D eigenvalue weighted by molar-refractivity contribution is -0.200. The summed E-state index contributed by atoms with van der Waals surface area (Å²) in [6.45, 7) is 0.338. The summed E-state index contributed by atoms with van der Waals surface area (Å²) in [5.41, 5.74) is 4.08. The summed E-state index contributed by atoms with van der Waals surface area (Å²) >= 11 is 1.32. The number of carbonyl (C=O) groups excluding carboxylic acids is 3. The van der Waals surface area contributed by atoms with Crippen molar-refractivity contribution in [2.45, 2.75) is 56.0 Å². The zero-order valence-corrected chi connectivity index (χ0v) is 25.2. The zero-order valence-electron chi connectivity index (χ0n) is 23.5. The van der Waals surface area contributed by atoms with Crippen LogP contribution in [0.25, 0.3) is 10.4 Å². The van der Waals surface area contributed by atoms with Crippen LogP contribution >= 0.6 is 11.3 Å². The topological polar surface area (TPSA) is 153 Å². The van der Waals surface area contributed by atoms with Crippen molar-refractivity contribution < 1.29 is 32.4 Å². The van der Waals surface area contributed by atoms with Crippen molar-refractivity contribution >= 4 is 44.6 Å². The molecule has 43 heavy (non-hydrogen) atoms. The molecule has 0 saturated carbocycles. The van der Waals surface area contributed by atoms with Gasteiger partial charge in [0.05, 0.1) is 24.3 Å². The third-order valence-electron chi connectivity index (χ3n) is 7.55. The Bertz CT molecular complexity index is 1560. The van der Waals surface area contributed by atoms with Crippen molar-refractivity contribution in [3.05, 3.63) is 71.4 Å². The molecule has 0 spiro atoms. The van der Waals surface area contributed by atoms with Crippen LogP contribution in [0.1, 0.15) is 60.2 Å². The number of benzene rings is 1. The molecule has 1 aromatic carbocycles. The molecule has 4 heterocycles. The number of sulfone groups is 1. The minimum atomic E-state index is -3.64. The maximum Gasteiger partial charge on any atom is 0.253 e. The highest BCUT2D eigenvalue weighted by molar-refractivity contribution is 7.92. The van der Waals surface area contributed by atoms with Gasteiger partial charge in [-0.1, -0.05) is 18.6 Å². The van der Waals surface area contributed by atoms with Gasteiger partial charge in [-0.2, -0.15) is 0 Å². The normalized spacial score (nSPS) is 21.4. The van der Waals surface area contributed by atoms with Crippen molar-refractivity contribution in [3.63, 3.8) is 0 Å². The van der Waals surface area contributed by atoms with Crippen LogP contribution in [-0.2, 0) is 33.7 Å². The van der Waals surface area contributed by atoms with Gasteiger partial charge >= 0.3 is 0 Å². The number of hydroxylamine groups is 1. The van der Waals surface area contributed by atoms with Gasteiger partial charge in [0.1, 0.15) is 4.75 Å². The standard InChI is InChI=1S/C30H34N4O7S2/c35-26(34-41-28-10-1-3-15-40-28)18-30(13-2-4-16-43(30,38)39)25-12-11-24(42-25)21-7-5-9-23(17-21)33-27(36)20-32-29(37)22-8-6-14-31-19-22/h5-9,11-12,14,17,19,28H,1-4,10,13,15-16,18,20H2,(H,32,37)(H,33,36)(H,34,35)/t28?,30-/m0/s1. The largest absolute Gasteiger partial charge is 0.350 e. The molecule has 2 aliphatic heterocycles. The fraction of sp³-hybridized carbons (Fsp3) is 0.400. The van der Waals surface area contributed by atoms with Gasteiger partial charge in [0, 0.05) is 40.9 Å². The lowest BCUT2D eigenvalue weighted by atomic mass is 9.94. The van der Waals surface area contributed by atoms with Gasteiger partial charge in [0.15, 0.2) is 16.1 Å². The molecule has 13 heteroatoms. The van der Waals surface area contributed by atoms with Crippen molar-refractivity contribution in [2.75, 3.05) is 24.2 Å². The molecule has 3 aromatic rings. The Morgan fingerprint density at radius 3 is 2.70 bits per heavy atom. The van der Waals surface area contributed by atoms with Crippen LogP contribution in [0.3, 0.4) is 0 Å². The van der Waals surface area contributed by atoms with Gasteiger partial charge in [0.25, 0.3) is 5.91 Å². The highest BCUT2D eigenvalue weighted by atomic mass is 32.2. The first-order chi connectivity index (χ1) is 20.8. The van der Waals surface area contributed by atoms with Gasteiger partial charge in [-0.15, -0.1) is 11.3 Å². The molecule has 0 aliphatic carbocycles. The van der Waals surface area contributed by atoms with E-state index in [0.717, 1.165) is 23.3 Å². The van der Waals surface area contributed by atoms with Gasteiger partial charge < -0.3 is 15.4 Å². The quantitative estimate of drug-likeness (QED) is 0.286. The Kier molecular flexibility index (Phi) is 9.86. The van der Waals surface area contributed by atoms with Crippen LogP contribution in [0.4, 0.5) is 5.69 Å². The maximum atomic E-state index is 13.5. The highest BCUT2D eigenvalue weighted by Crippen LogP contribution is 2.47. The number of hydrogen-bond acceptors (Lipinski definition) is 9. The van der Waals surface area contributed by atoms with Crippen LogP contribution in [0, 0.1) is 0 Å². The lowest BCUT2D eigenvalue weighted by Crippen LogP contribution is -2.45. The van der Waals surface area contributed by atoms with E-state index in [1.165, 1.54) is 17.5 Å². The van der Waals surface area contributed by atoms with Crippen molar-refractivity contribution in [1.82, 2.24) is 15.8 Å². The summed E-state index contributed by atoms with van der Waals surface area (Å²) < 4.78 is 31.2. The Labute approximate surface area is 254 Å². The molecule has 0 radical (unpaired) electrons. The monoisotopic (exact) mass is 626 g/mol. The van der Waals surface area contributed by atoms with E-state index in [-0.39, 0.29) is 18.7 Å². The number of ether oxygens (including phenoxy) is 1. The second kappa shape index (κ2) is 13.8.